The van der Waals surface area contributed by atoms with Gasteiger partial charge in [-0.05, 0) is 12.1 Å². The SMILES string of the molecule is COc1ccc2c(c1)N(C)c1nccnc1N2. The molecule has 5 heteroatoms. The van der Waals surface area contributed by atoms with E-state index in [0.29, 0.717) is 0 Å². The minimum atomic E-state index is 0.771. The van der Waals surface area contributed by atoms with Crippen molar-refractivity contribution in [2.45, 2.75) is 0 Å². The second-order valence-electron chi connectivity index (χ2n) is 3.80. The number of nitrogens with zero attached hydrogens (tertiary/aromatic N) is 3. The smallest absolute Gasteiger partial charge is 0.176 e. The molecule has 0 amide bonds. The van der Waals surface area contributed by atoms with Crippen LogP contribution in [-0.2, 0) is 0 Å². The number of methoxy groups -OCH3 is 1. The van der Waals surface area contributed by atoms with Crippen molar-refractivity contribution in [3.63, 3.8) is 0 Å². The van der Waals surface area contributed by atoms with E-state index in [1.165, 1.54) is 0 Å². The summed E-state index contributed by atoms with van der Waals surface area (Å²) in [5.41, 5.74) is 2.03. The van der Waals surface area contributed by atoms with Crippen molar-refractivity contribution in [3.05, 3.63) is 30.6 Å². The molecular formula is C12H12N4O. The van der Waals surface area contributed by atoms with Gasteiger partial charge in [-0.25, -0.2) is 9.97 Å². The Bertz CT molecular complexity index is 570. The number of rotatable bonds is 1. The van der Waals surface area contributed by atoms with E-state index in [-0.39, 0.29) is 0 Å². The lowest BCUT2D eigenvalue weighted by atomic mass is 10.2. The molecule has 2 heterocycles. The van der Waals surface area contributed by atoms with E-state index in [2.05, 4.69) is 15.3 Å². The average molecular weight is 228 g/mol. The fourth-order valence-electron chi connectivity index (χ4n) is 1.93. The number of hydrogen-bond acceptors (Lipinski definition) is 5. The van der Waals surface area contributed by atoms with Gasteiger partial charge in [0.15, 0.2) is 11.6 Å². The minimum absolute atomic E-state index is 0.771. The number of ether oxygens (including phenoxy) is 1. The van der Waals surface area contributed by atoms with Gasteiger partial charge in [-0.1, -0.05) is 0 Å². The highest BCUT2D eigenvalue weighted by Gasteiger charge is 2.21. The zero-order chi connectivity index (χ0) is 11.8. The molecule has 0 bridgehead atoms. The first-order valence-corrected chi connectivity index (χ1v) is 5.29. The number of benzene rings is 1. The molecule has 17 heavy (non-hydrogen) atoms. The van der Waals surface area contributed by atoms with Crippen LogP contribution in [0, 0.1) is 0 Å². The second kappa shape index (κ2) is 3.62. The van der Waals surface area contributed by atoms with Crippen LogP contribution in [0.2, 0.25) is 0 Å². The summed E-state index contributed by atoms with van der Waals surface area (Å²) in [4.78, 5) is 10.6. The third-order valence-corrected chi connectivity index (χ3v) is 2.82. The van der Waals surface area contributed by atoms with Gasteiger partial charge < -0.3 is 15.0 Å². The van der Waals surface area contributed by atoms with Gasteiger partial charge in [0, 0.05) is 25.5 Å². The summed E-state index contributed by atoms with van der Waals surface area (Å²) < 4.78 is 5.23. The summed E-state index contributed by atoms with van der Waals surface area (Å²) in [7, 11) is 3.62. The Balaban J connectivity index is 2.13. The summed E-state index contributed by atoms with van der Waals surface area (Å²) in [5.74, 6) is 2.41. The molecular weight excluding hydrogens is 216 g/mol. The molecule has 3 rings (SSSR count). The Morgan fingerprint density at radius 2 is 2.06 bits per heavy atom. The molecule has 0 saturated carbocycles. The number of anilines is 4. The largest absolute Gasteiger partial charge is 0.497 e. The van der Waals surface area contributed by atoms with Crippen molar-refractivity contribution in [2.24, 2.45) is 0 Å². The van der Waals surface area contributed by atoms with Crippen molar-refractivity contribution in [3.8, 4) is 5.75 Å². The highest BCUT2D eigenvalue weighted by atomic mass is 16.5. The molecule has 1 aliphatic heterocycles. The zero-order valence-corrected chi connectivity index (χ0v) is 9.64. The molecule has 0 fully saturated rings. The average Bonchev–Trinajstić information content (AvgIpc) is 2.39. The van der Waals surface area contributed by atoms with Crippen LogP contribution in [0.25, 0.3) is 0 Å². The highest BCUT2D eigenvalue weighted by Crippen LogP contribution is 2.41. The highest BCUT2D eigenvalue weighted by molar-refractivity contribution is 5.88. The number of nitrogens with one attached hydrogen (secondary N) is 1. The molecule has 1 aromatic heterocycles. The minimum Gasteiger partial charge on any atom is -0.497 e. The first kappa shape index (κ1) is 9.89. The molecule has 0 radical (unpaired) electrons. The summed E-state index contributed by atoms with van der Waals surface area (Å²) in [6.07, 6.45) is 3.36. The third kappa shape index (κ3) is 1.47. The van der Waals surface area contributed by atoms with Crippen LogP contribution >= 0.6 is 0 Å². The monoisotopic (exact) mass is 228 g/mol. The Hall–Kier alpha value is -2.30. The van der Waals surface area contributed by atoms with Crippen LogP contribution in [-0.4, -0.2) is 24.1 Å². The van der Waals surface area contributed by atoms with Crippen LogP contribution in [0.1, 0.15) is 0 Å². The van der Waals surface area contributed by atoms with E-state index in [9.17, 15) is 0 Å². The normalized spacial score (nSPS) is 12.5. The number of fused-ring (bicyclic) bond motifs is 2. The molecule has 0 atom stereocenters. The quantitative estimate of drug-likeness (QED) is 0.811. The fourth-order valence-corrected chi connectivity index (χ4v) is 1.93. The lowest BCUT2D eigenvalue weighted by molar-refractivity contribution is 0.415. The Morgan fingerprint density at radius 1 is 1.24 bits per heavy atom. The van der Waals surface area contributed by atoms with Gasteiger partial charge in [0.05, 0.1) is 18.5 Å². The molecule has 1 aliphatic rings. The summed E-state index contributed by atoms with van der Waals surface area (Å²) >= 11 is 0. The van der Waals surface area contributed by atoms with Crippen molar-refractivity contribution in [2.75, 3.05) is 24.4 Å². The van der Waals surface area contributed by atoms with Gasteiger partial charge in [0.25, 0.3) is 0 Å². The van der Waals surface area contributed by atoms with Gasteiger partial charge in [0.1, 0.15) is 5.75 Å². The van der Waals surface area contributed by atoms with Crippen molar-refractivity contribution in [1.29, 1.82) is 0 Å². The maximum atomic E-state index is 5.23. The number of hydrogen-bond donors (Lipinski definition) is 1. The van der Waals surface area contributed by atoms with E-state index in [0.717, 1.165) is 28.8 Å². The first-order chi connectivity index (χ1) is 8.29. The van der Waals surface area contributed by atoms with Crippen LogP contribution in [0.15, 0.2) is 30.6 Å². The molecule has 1 aromatic carbocycles. The topological polar surface area (TPSA) is 50.3 Å². The van der Waals surface area contributed by atoms with Gasteiger partial charge in [-0.3, -0.25) is 0 Å². The van der Waals surface area contributed by atoms with Crippen molar-refractivity contribution in [1.82, 2.24) is 9.97 Å². The van der Waals surface area contributed by atoms with E-state index >= 15 is 0 Å². The van der Waals surface area contributed by atoms with E-state index < -0.39 is 0 Å². The lowest BCUT2D eigenvalue weighted by Gasteiger charge is -2.28. The summed E-state index contributed by atoms with van der Waals surface area (Å²) in [6.45, 7) is 0. The predicted octanol–water partition coefficient (Wildman–Crippen LogP) is 2.31. The van der Waals surface area contributed by atoms with Gasteiger partial charge >= 0.3 is 0 Å². The number of aromatic nitrogens is 2. The molecule has 0 aliphatic carbocycles. The molecule has 5 nitrogen and oxygen atoms in total. The Labute approximate surface area is 99.1 Å². The van der Waals surface area contributed by atoms with Gasteiger partial charge in [-0.15, -0.1) is 0 Å². The second-order valence-corrected chi connectivity index (χ2v) is 3.80. The lowest BCUT2D eigenvalue weighted by Crippen LogP contribution is -2.19. The van der Waals surface area contributed by atoms with Gasteiger partial charge in [-0.2, -0.15) is 0 Å². The maximum absolute atomic E-state index is 5.23. The standard InChI is InChI=1S/C12H12N4O/c1-16-10-7-8(17-2)3-4-9(10)15-11-12(16)14-6-5-13-11/h3-7H,1-2H3,(H,13,15). The molecule has 2 aromatic rings. The molecule has 0 saturated heterocycles. The van der Waals surface area contributed by atoms with Crippen LogP contribution in [0.5, 0.6) is 5.75 Å². The fraction of sp³-hybridized carbons (Fsp3) is 0.167. The first-order valence-electron chi connectivity index (χ1n) is 5.29. The van der Waals surface area contributed by atoms with Crippen molar-refractivity contribution >= 4 is 23.0 Å². The van der Waals surface area contributed by atoms with Crippen LogP contribution in [0.4, 0.5) is 23.0 Å². The molecule has 86 valence electrons. The molecule has 0 spiro atoms. The third-order valence-electron chi connectivity index (χ3n) is 2.82. The maximum Gasteiger partial charge on any atom is 0.176 e. The Kier molecular flexibility index (Phi) is 2.11. The summed E-state index contributed by atoms with van der Waals surface area (Å²) in [6, 6.07) is 5.86. The van der Waals surface area contributed by atoms with Crippen molar-refractivity contribution < 1.29 is 4.74 Å². The molecule has 0 unspecified atom stereocenters. The Morgan fingerprint density at radius 3 is 2.88 bits per heavy atom. The van der Waals surface area contributed by atoms with E-state index in [1.807, 2.05) is 30.1 Å². The zero-order valence-electron chi connectivity index (χ0n) is 9.64. The predicted molar refractivity (Wildman–Crippen MR) is 66.4 cm³/mol. The van der Waals surface area contributed by atoms with Crippen LogP contribution < -0.4 is 15.0 Å². The van der Waals surface area contributed by atoms with Crippen LogP contribution in [0.3, 0.4) is 0 Å². The van der Waals surface area contributed by atoms with Gasteiger partial charge in [0.2, 0.25) is 0 Å². The molecule has 1 N–H and O–H groups in total. The van der Waals surface area contributed by atoms with E-state index in [1.54, 1.807) is 19.5 Å². The van der Waals surface area contributed by atoms with E-state index in [4.69, 9.17) is 4.74 Å². The summed E-state index contributed by atoms with van der Waals surface area (Å²) in [5, 5.41) is 3.25.